The standard InChI is InChI=1S/C28H25N5O3/c1-3-7-24-30-21-9-4-5-10-22(21)33(24)16-18-11-12-19-15-20-8-6-13-29-25(20)26(35-23(19)14-18)17(2)27-31-28(34)36-32-27/h4-6,8-14H,3,7,15-16H2,1-2H3,(H,31,32,34). The van der Waals surface area contributed by atoms with Gasteiger partial charge in [-0.2, -0.15) is 0 Å². The number of rotatable bonds is 5. The van der Waals surface area contributed by atoms with Crippen LogP contribution in [0.4, 0.5) is 0 Å². The van der Waals surface area contributed by atoms with Gasteiger partial charge in [-0.15, -0.1) is 0 Å². The summed E-state index contributed by atoms with van der Waals surface area (Å²) in [4.78, 5) is 23.7. The van der Waals surface area contributed by atoms with Crippen LogP contribution in [-0.4, -0.2) is 24.7 Å². The number of H-pyrrole nitrogens is 1. The summed E-state index contributed by atoms with van der Waals surface area (Å²) < 4.78 is 13.5. The second-order valence-corrected chi connectivity index (χ2v) is 8.98. The summed E-state index contributed by atoms with van der Waals surface area (Å²) in [5.41, 5.74) is 6.71. The summed E-state index contributed by atoms with van der Waals surface area (Å²) in [6.45, 7) is 4.70. The molecular weight excluding hydrogens is 454 g/mol. The number of aromatic nitrogens is 5. The van der Waals surface area contributed by atoms with Gasteiger partial charge in [0.25, 0.3) is 0 Å². The van der Waals surface area contributed by atoms with E-state index in [4.69, 9.17) is 14.2 Å². The maximum atomic E-state index is 11.6. The van der Waals surface area contributed by atoms with E-state index >= 15 is 0 Å². The first-order valence-electron chi connectivity index (χ1n) is 12.1. The Morgan fingerprint density at radius 3 is 2.83 bits per heavy atom. The van der Waals surface area contributed by atoms with Crippen molar-refractivity contribution in [2.75, 3.05) is 0 Å². The van der Waals surface area contributed by atoms with E-state index in [1.54, 1.807) is 6.20 Å². The van der Waals surface area contributed by atoms with Crippen LogP contribution < -0.4 is 10.5 Å². The molecule has 0 atom stereocenters. The molecule has 0 fully saturated rings. The first-order valence-corrected chi connectivity index (χ1v) is 12.1. The molecule has 0 spiro atoms. The molecule has 0 saturated heterocycles. The predicted molar refractivity (Wildman–Crippen MR) is 137 cm³/mol. The molecule has 0 amide bonds. The van der Waals surface area contributed by atoms with Crippen molar-refractivity contribution in [3.63, 3.8) is 0 Å². The van der Waals surface area contributed by atoms with Crippen LogP contribution in [0.2, 0.25) is 0 Å². The molecule has 0 radical (unpaired) electrons. The van der Waals surface area contributed by atoms with Gasteiger partial charge in [0.2, 0.25) is 0 Å². The van der Waals surface area contributed by atoms with E-state index in [9.17, 15) is 4.79 Å². The monoisotopic (exact) mass is 479 g/mol. The molecule has 0 unspecified atom stereocenters. The maximum Gasteiger partial charge on any atom is 0.439 e. The Bertz CT molecular complexity index is 1670. The van der Waals surface area contributed by atoms with Gasteiger partial charge >= 0.3 is 5.76 Å². The minimum Gasteiger partial charge on any atom is -0.454 e. The second-order valence-electron chi connectivity index (χ2n) is 8.98. The molecule has 180 valence electrons. The fraction of sp³-hybridized carbons (Fsp3) is 0.214. The Hall–Kier alpha value is -4.46. The van der Waals surface area contributed by atoms with Crippen molar-refractivity contribution in [1.82, 2.24) is 24.7 Å². The third kappa shape index (κ3) is 3.90. The number of aryl methyl sites for hydroxylation is 1. The van der Waals surface area contributed by atoms with Crippen LogP contribution in [0.15, 0.2) is 70.1 Å². The van der Waals surface area contributed by atoms with Gasteiger partial charge in [0.15, 0.2) is 11.6 Å². The average molecular weight is 480 g/mol. The zero-order valence-electron chi connectivity index (χ0n) is 20.1. The minimum atomic E-state index is -0.613. The fourth-order valence-electron chi connectivity index (χ4n) is 4.74. The lowest BCUT2D eigenvalue weighted by Crippen LogP contribution is -2.06. The molecular formula is C28H25N5O3. The van der Waals surface area contributed by atoms with Crippen molar-refractivity contribution in [3.05, 3.63) is 105 Å². The SMILES string of the molecule is CCCc1nc2ccccc2n1Cc1ccc2c(c1)OC(=C(C)c1noc(=O)[nH]1)c1ncccc1C2. The Balaban J connectivity index is 1.44. The number of aromatic amines is 1. The molecule has 3 aromatic heterocycles. The van der Waals surface area contributed by atoms with Gasteiger partial charge in [-0.1, -0.05) is 42.4 Å². The first kappa shape index (κ1) is 22.0. The van der Waals surface area contributed by atoms with Crippen molar-refractivity contribution in [2.24, 2.45) is 0 Å². The maximum absolute atomic E-state index is 11.6. The van der Waals surface area contributed by atoms with E-state index in [1.165, 1.54) is 0 Å². The normalized spacial score (nSPS) is 14.2. The molecule has 1 aliphatic rings. The number of hydrogen-bond donors (Lipinski definition) is 1. The van der Waals surface area contributed by atoms with Crippen LogP contribution in [0.1, 0.15) is 54.3 Å². The molecule has 2 aromatic carbocycles. The number of imidazole rings is 1. The van der Waals surface area contributed by atoms with Crippen LogP contribution in [0.3, 0.4) is 0 Å². The number of hydrogen-bond acceptors (Lipinski definition) is 6. The largest absolute Gasteiger partial charge is 0.454 e. The predicted octanol–water partition coefficient (Wildman–Crippen LogP) is 4.98. The van der Waals surface area contributed by atoms with Gasteiger partial charge in [-0.05, 0) is 54.3 Å². The lowest BCUT2D eigenvalue weighted by atomic mass is 10.0. The van der Waals surface area contributed by atoms with E-state index in [0.29, 0.717) is 30.1 Å². The molecule has 8 heteroatoms. The van der Waals surface area contributed by atoms with Gasteiger partial charge < -0.3 is 9.30 Å². The molecule has 1 aliphatic heterocycles. The molecule has 0 bridgehead atoms. The third-order valence-electron chi connectivity index (χ3n) is 6.51. The number of nitrogens with zero attached hydrogens (tertiary/aromatic N) is 4. The summed E-state index contributed by atoms with van der Waals surface area (Å²) in [6.07, 6.45) is 4.36. The second kappa shape index (κ2) is 8.96. The molecule has 5 aromatic rings. The molecule has 8 nitrogen and oxygen atoms in total. The first-order chi connectivity index (χ1) is 17.6. The van der Waals surface area contributed by atoms with Crippen molar-refractivity contribution < 1.29 is 9.26 Å². The molecule has 36 heavy (non-hydrogen) atoms. The molecule has 0 aliphatic carbocycles. The quantitative estimate of drug-likeness (QED) is 0.382. The Morgan fingerprint density at radius 1 is 1.11 bits per heavy atom. The zero-order valence-corrected chi connectivity index (χ0v) is 20.1. The van der Waals surface area contributed by atoms with E-state index in [2.05, 4.69) is 63.0 Å². The lowest BCUT2D eigenvalue weighted by molar-refractivity contribution is 0.385. The van der Waals surface area contributed by atoms with Crippen LogP contribution in [0, 0.1) is 0 Å². The summed E-state index contributed by atoms with van der Waals surface area (Å²) >= 11 is 0. The highest BCUT2D eigenvalue weighted by atomic mass is 16.5. The van der Waals surface area contributed by atoms with Crippen LogP contribution in [0.25, 0.3) is 22.4 Å². The van der Waals surface area contributed by atoms with Crippen molar-refractivity contribution in [2.45, 2.75) is 39.7 Å². The number of nitrogens with one attached hydrogen (secondary N) is 1. The van der Waals surface area contributed by atoms with Gasteiger partial charge in [0.1, 0.15) is 17.3 Å². The van der Waals surface area contributed by atoms with Gasteiger partial charge in [0, 0.05) is 31.2 Å². The van der Waals surface area contributed by atoms with Gasteiger partial charge in [-0.3, -0.25) is 14.5 Å². The Labute approximate surface area is 207 Å². The summed E-state index contributed by atoms with van der Waals surface area (Å²) in [5, 5.41) is 3.85. The molecule has 6 rings (SSSR count). The summed E-state index contributed by atoms with van der Waals surface area (Å²) in [6, 6.07) is 18.6. The molecule has 0 saturated carbocycles. The highest BCUT2D eigenvalue weighted by molar-refractivity contribution is 5.85. The van der Waals surface area contributed by atoms with Crippen LogP contribution in [-0.2, 0) is 19.4 Å². The molecule has 1 N–H and O–H groups in total. The highest BCUT2D eigenvalue weighted by Gasteiger charge is 2.24. The topological polar surface area (TPSA) is 98.8 Å². The fourth-order valence-corrected chi connectivity index (χ4v) is 4.74. The van der Waals surface area contributed by atoms with Crippen molar-refractivity contribution >= 4 is 22.4 Å². The minimum absolute atomic E-state index is 0.320. The lowest BCUT2D eigenvalue weighted by Gasteiger charge is -2.14. The zero-order chi connectivity index (χ0) is 24.6. The number of benzene rings is 2. The average Bonchev–Trinajstić information content (AvgIpc) is 3.42. The van der Waals surface area contributed by atoms with E-state index in [0.717, 1.165) is 57.8 Å². The van der Waals surface area contributed by atoms with Crippen LogP contribution >= 0.6 is 0 Å². The van der Waals surface area contributed by atoms with Gasteiger partial charge in [0.05, 0.1) is 11.0 Å². The summed E-state index contributed by atoms with van der Waals surface area (Å²) in [5.74, 6) is 2.09. The van der Waals surface area contributed by atoms with Crippen molar-refractivity contribution in [3.8, 4) is 5.75 Å². The number of ether oxygens (including phenoxy) is 1. The van der Waals surface area contributed by atoms with Crippen molar-refractivity contribution in [1.29, 1.82) is 0 Å². The Kier molecular flexibility index (Phi) is 5.48. The van der Waals surface area contributed by atoms with Crippen LogP contribution in [0.5, 0.6) is 5.75 Å². The van der Waals surface area contributed by atoms with E-state index < -0.39 is 5.76 Å². The Morgan fingerprint density at radius 2 is 2.00 bits per heavy atom. The number of allylic oxidation sites excluding steroid dienone is 1. The molecule has 4 heterocycles. The number of fused-ring (bicyclic) bond motifs is 3. The number of pyridine rings is 1. The third-order valence-corrected chi connectivity index (χ3v) is 6.51. The summed E-state index contributed by atoms with van der Waals surface area (Å²) in [7, 11) is 0. The number of para-hydroxylation sites is 2. The van der Waals surface area contributed by atoms with E-state index in [-0.39, 0.29) is 0 Å². The highest BCUT2D eigenvalue weighted by Crippen LogP contribution is 2.36. The van der Waals surface area contributed by atoms with Gasteiger partial charge in [-0.25, -0.2) is 9.78 Å². The van der Waals surface area contributed by atoms with E-state index in [1.807, 2.05) is 25.1 Å². The smallest absolute Gasteiger partial charge is 0.439 e.